The molecule has 0 aliphatic rings. The van der Waals surface area contributed by atoms with Gasteiger partial charge >= 0.3 is 32.7 Å². The van der Waals surface area contributed by atoms with E-state index in [9.17, 15) is 4.79 Å². The van der Waals surface area contributed by atoms with Gasteiger partial charge in [-0.15, -0.1) is 5.56 Å². The molecule has 0 saturated carbocycles. The van der Waals surface area contributed by atoms with Crippen molar-refractivity contribution >= 4 is 5.78 Å². The molecule has 0 N–H and O–H groups in total. The summed E-state index contributed by atoms with van der Waals surface area (Å²) in [7, 11) is 0. The van der Waals surface area contributed by atoms with Gasteiger partial charge in [0, 0.05) is 0 Å². The van der Waals surface area contributed by atoms with E-state index in [-0.39, 0.29) is 38.5 Å². The molecule has 0 bridgehead atoms. The van der Waals surface area contributed by atoms with Gasteiger partial charge in [-0.1, -0.05) is 12.5 Å². The number of Topliss-reactive ketones (excluding diaryl/α,β-unsaturated/α-hetero) is 1. The third-order valence-electron chi connectivity index (χ3n) is 1.45. The van der Waals surface area contributed by atoms with Gasteiger partial charge in [0.2, 0.25) is 0 Å². The van der Waals surface area contributed by atoms with E-state index in [1.54, 1.807) is 19.1 Å². The Morgan fingerprint density at radius 3 is 2.55 bits per heavy atom. The molecule has 0 heterocycles. The van der Waals surface area contributed by atoms with Gasteiger partial charge in [0.15, 0.2) is 0 Å². The quantitative estimate of drug-likeness (QED) is 0.524. The summed E-state index contributed by atoms with van der Waals surface area (Å²) >= 11 is 0. The molecular formula is C9H9OY+2. The van der Waals surface area contributed by atoms with Crippen LogP contribution in [0.1, 0.15) is 22.8 Å². The summed E-state index contributed by atoms with van der Waals surface area (Å²) in [5.41, 5.74) is 1.79. The summed E-state index contributed by atoms with van der Waals surface area (Å²) in [6.45, 7) is 3.48. The van der Waals surface area contributed by atoms with Gasteiger partial charge in [0.1, 0.15) is 5.78 Å². The predicted octanol–water partition coefficient (Wildman–Crippen LogP) is 2.00. The molecule has 1 aromatic carbocycles. The largest absolute Gasteiger partial charge is 3.00 e. The standard InChI is InChI=1S/C9H9O.Y/c1-7-5-3-4-6-9(7)8(2)10;/h4-6H,1-2H3;/q-1;+3. The first-order valence-corrected chi connectivity index (χ1v) is 3.19. The Hall–Kier alpha value is -0.00610. The zero-order valence-electron chi connectivity index (χ0n) is 6.72. The van der Waals surface area contributed by atoms with Crippen molar-refractivity contribution in [1.29, 1.82) is 0 Å². The minimum absolute atomic E-state index is 0. The van der Waals surface area contributed by atoms with E-state index in [0.717, 1.165) is 11.1 Å². The zero-order valence-corrected chi connectivity index (χ0v) is 9.56. The smallest absolute Gasteiger partial charge is 0.297 e. The Labute approximate surface area is 92.1 Å². The van der Waals surface area contributed by atoms with Crippen molar-refractivity contribution in [2.75, 3.05) is 0 Å². The first kappa shape index (κ1) is 11.0. The van der Waals surface area contributed by atoms with E-state index in [0.29, 0.717) is 0 Å². The van der Waals surface area contributed by atoms with E-state index in [2.05, 4.69) is 6.07 Å². The SMILES string of the molecule is CC(=O)c1cc[c-]cc1C.[Y+3]. The number of aryl methyl sites for hydroxylation is 1. The maximum atomic E-state index is 10.9. The average molecular weight is 222 g/mol. The summed E-state index contributed by atoms with van der Waals surface area (Å²) in [5, 5.41) is 0. The molecule has 0 atom stereocenters. The minimum Gasteiger partial charge on any atom is -0.297 e. The molecule has 0 fully saturated rings. The van der Waals surface area contributed by atoms with Gasteiger partial charge in [-0.05, 0) is 6.92 Å². The second-order valence-electron chi connectivity index (χ2n) is 2.30. The number of ketones is 1. The Morgan fingerprint density at radius 2 is 2.18 bits per heavy atom. The number of hydrogen-bond acceptors (Lipinski definition) is 1. The van der Waals surface area contributed by atoms with Crippen LogP contribution < -0.4 is 0 Å². The molecule has 2 heteroatoms. The molecule has 0 saturated heterocycles. The average Bonchev–Trinajstić information content (AvgIpc) is 1.88. The number of carbonyl (C=O) groups excluding carboxylic acids is 1. The van der Waals surface area contributed by atoms with Crippen LogP contribution in [-0.2, 0) is 32.7 Å². The maximum Gasteiger partial charge on any atom is 3.00 e. The normalized spacial score (nSPS) is 8.55. The summed E-state index contributed by atoms with van der Waals surface area (Å²) in [5.74, 6) is 0.117. The van der Waals surface area contributed by atoms with E-state index in [1.807, 2.05) is 13.0 Å². The van der Waals surface area contributed by atoms with Crippen molar-refractivity contribution in [3.8, 4) is 0 Å². The first-order valence-electron chi connectivity index (χ1n) is 3.19. The van der Waals surface area contributed by atoms with Crippen LogP contribution in [0, 0.1) is 13.0 Å². The molecule has 0 aliphatic carbocycles. The van der Waals surface area contributed by atoms with Crippen molar-refractivity contribution in [1.82, 2.24) is 0 Å². The predicted molar refractivity (Wildman–Crippen MR) is 40.0 cm³/mol. The molecule has 52 valence electrons. The molecule has 0 aromatic heterocycles. The van der Waals surface area contributed by atoms with E-state index in [4.69, 9.17) is 0 Å². The molecule has 0 unspecified atom stereocenters. The first-order chi connectivity index (χ1) is 4.72. The molecule has 0 aliphatic heterocycles. The fraction of sp³-hybridized carbons (Fsp3) is 0.222. The zero-order chi connectivity index (χ0) is 7.56. The fourth-order valence-corrected chi connectivity index (χ4v) is 0.909. The number of carbonyl (C=O) groups is 1. The van der Waals surface area contributed by atoms with Crippen molar-refractivity contribution in [3.63, 3.8) is 0 Å². The van der Waals surface area contributed by atoms with Gasteiger partial charge in [0.25, 0.3) is 0 Å². The van der Waals surface area contributed by atoms with Gasteiger partial charge in [0.05, 0.1) is 0 Å². The molecule has 1 nitrogen and oxygen atoms in total. The third kappa shape index (κ3) is 2.84. The van der Waals surface area contributed by atoms with E-state index in [1.165, 1.54) is 0 Å². The number of rotatable bonds is 1. The van der Waals surface area contributed by atoms with Crippen LogP contribution in [-0.4, -0.2) is 5.78 Å². The Balaban J connectivity index is 0.000001000. The second kappa shape index (κ2) is 4.79. The van der Waals surface area contributed by atoms with Crippen LogP contribution in [0.25, 0.3) is 0 Å². The van der Waals surface area contributed by atoms with Crippen molar-refractivity contribution in [2.24, 2.45) is 0 Å². The minimum atomic E-state index is 0. The van der Waals surface area contributed by atoms with Crippen LogP contribution >= 0.6 is 0 Å². The van der Waals surface area contributed by atoms with E-state index < -0.39 is 0 Å². The van der Waals surface area contributed by atoms with Crippen LogP contribution in [0.15, 0.2) is 18.2 Å². The van der Waals surface area contributed by atoms with Crippen molar-refractivity contribution in [3.05, 3.63) is 35.4 Å². The van der Waals surface area contributed by atoms with Crippen LogP contribution in [0.3, 0.4) is 0 Å². The molecule has 0 radical (unpaired) electrons. The molecule has 1 aromatic rings. The van der Waals surface area contributed by atoms with Gasteiger partial charge < -0.3 is 0 Å². The van der Waals surface area contributed by atoms with Gasteiger partial charge in [-0.3, -0.25) is 4.79 Å². The van der Waals surface area contributed by atoms with Gasteiger partial charge in [-0.2, -0.15) is 24.3 Å². The monoisotopic (exact) mass is 222 g/mol. The molecule has 0 amide bonds. The fourth-order valence-electron chi connectivity index (χ4n) is 0.909. The van der Waals surface area contributed by atoms with Crippen LogP contribution in [0.4, 0.5) is 0 Å². The Kier molecular flexibility index (Phi) is 4.79. The summed E-state index contributed by atoms with van der Waals surface area (Å²) in [4.78, 5) is 10.9. The number of hydrogen-bond donors (Lipinski definition) is 0. The molecule has 11 heavy (non-hydrogen) atoms. The van der Waals surface area contributed by atoms with Crippen molar-refractivity contribution < 1.29 is 37.5 Å². The summed E-state index contributed by atoms with van der Waals surface area (Å²) in [6.07, 6.45) is 0. The number of benzene rings is 1. The van der Waals surface area contributed by atoms with Crippen LogP contribution in [0.2, 0.25) is 0 Å². The third-order valence-corrected chi connectivity index (χ3v) is 1.45. The Bertz CT molecular complexity index is 255. The van der Waals surface area contributed by atoms with E-state index >= 15 is 0 Å². The topological polar surface area (TPSA) is 17.1 Å². The second-order valence-corrected chi connectivity index (χ2v) is 2.30. The van der Waals surface area contributed by atoms with Crippen LogP contribution in [0.5, 0.6) is 0 Å². The molecule has 1 rings (SSSR count). The summed E-state index contributed by atoms with van der Waals surface area (Å²) in [6, 6.07) is 8.26. The summed E-state index contributed by atoms with van der Waals surface area (Å²) < 4.78 is 0. The van der Waals surface area contributed by atoms with Gasteiger partial charge in [-0.25, -0.2) is 0 Å². The maximum absolute atomic E-state index is 10.9. The Morgan fingerprint density at radius 1 is 1.55 bits per heavy atom. The molecular weight excluding hydrogens is 213 g/mol. The molecule has 0 spiro atoms. The van der Waals surface area contributed by atoms with Crippen molar-refractivity contribution in [2.45, 2.75) is 13.8 Å².